The second-order valence-corrected chi connectivity index (χ2v) is 6.66. The van der Waals surface area contributed by atoms with Crippen LogP contribution in [-0.2, 0) is 19.9 Å². The van der Waals surface area contributed by atoms with Gasteiger partial charge in [-0.05, 0) is 18.2 Å². The highest BCUT2D eigenvalue weighted by molar-refractivity contribution is 7.92. The lowest BCUT2D eigenvalue weighted by Crippen LogP contribution is -2.25. The first-order chi connectivity index (χ1) is 7.87. The first kappa shape index (κ1) is 14.7. The summed E-state index contributed by atoms with van der Waals surface area (Å²) >= 11 is 0. The van der Waals surface area contributed by atoms with Crippen LogP contribution in [0.4, 0.5) is 18.9 Å². The van der Waals surface area contributed by atoms with Crippen molar-refractivity contribution in [1.29, 1.82) is 0 Å². The third-order valence-electron chi connectivity index (χ3n) is 1.91. The van der Waals surface area contributed by atoms with Gasteiger partial charge < -0.3 is 5.73 Å². The van der Waals surface area contributed by atoms with Crippen molar-refractivity contribution in [3.8, 4) is 0 Å². The van der Waals surface area contributed by atoms with E-state index >= 15 is 0 Å². The minimum atomic E-state index is -5.73. The van der Waals surface area contributed by atoms with E-state index in [0.717, 1.165) is 12.1 Å². The Bertz CT molecular complexity index is 679. The molecule has 0 spiro atoms. The summed E-state index contributed by atoms with van der Waals surface area (Å²) in [6.45, 7) is 0. The maximum absolute atomic E-state index is 12.3. The number of hydrogen-bond acceptors (Lipinski definition) is 5. The number of anilines is 1. The van der Waals surface area contributed by atoms with Crippen LogP contribution in [0.3, 0.4) is 0 Å². The molecule has 1 aromatic carbocycles. The van der Waals surface area contributed by atoms with Crippen LogP contribution in [0.5, 0.6) is 0 Å². The van der Waals surface area contributed by atoms with Crippen LogP contribution in [0.2, 0.25) is 0 Å². The smallest absolute Gasteiger partial charge is 0.398 e. The molecule has 0 unspecified atom stereocenters. The van der Waals surface area contributed by atoms with Crippen LogP contribution in [0.25, 0.3) is 0 Å². The summed E-state index contributed by atoms with van der Waals surface area (Å²) in [5.74, 6) is 0. The summed E-state index contributed by atoms with van der Waals surface area (Å²) in [5, 5.41) is 4.68. The predicted octanol–water partition coefficient (Wildman–Crippen LogP) is 0.210. The van der Waals surface area contributed by atoms with Gasteiger partial charge in [0.2, 0.25) is 10.0 Å². The highest BCUT2D eigenvalue weighted by atomic mass is 32.2. The summed E-state index contributed by atoms with van der Waals surface area (Å²) in [6.07, 6.45) is 0. The fourth-order valence-corrected chi connectivity index (χ4v) is 2.57. The van der Waals surface area contributed by atoms with Crippen molar-refractivity contribution in [3.05, 3.63) is 18.2 Å². The lowest BCUT2D eigenvalue weighted by molar-refractivity contribution is -0.0435. The number of sulfonamides is 1. The van der Waals surface area contributed by atoms with Gasteiger partial charge in [-0.1, -0.05) is 0 Å². The van der Waals surface area contributed by atoms with E-state index in [1.807, 2.05) is 0 Å². The Hall–Kier alpha value is -1.33. The molecule has 0 aliphatic heterocycles. The molecule has 0 bridgehead atoms. The number of hydrogen-bond donors (Lipinski definition) is 2. The molecule has 1 aromatic rings. The van der Waals surface area contributed by atoms with E-state index in [9.17, 15) is 30.0 Å². The molecule has 0 aromatic heterocycles. The minimum absolute atomic E-state index is 0.271. The standard InChI is InChI=1S/C7H7F3N2O4S2/c8-7(9,10)17(13,14)6-3-4(18(12,15)16)1-2-5(6)11/h1-3H,11H2,(H2,12,15,16). The maximum Gasteiger partial charge on any atom is 0.501 e. The van der Waals surface area contributed by atoms with Gasteiger partial charge in [0.05, 0.1) is 10.6 Å². The van der Waals surface area contributed by atoms with Gasteiger partial charge in [0.25, 0.3) is 9.84 Å². The van der Waals surface area contributed by atoms with Gasteiger partial charge in [0.1, 0.15) is 4.90 Å². The van der Waals surface area contributed by atoms with Gasteiger partial charge in [0.15, 0.2) is 0 Å². The molecule has 0 aliphatic carbocycles. The maximum atomic E-state index is 12.3. The Morgan fingerprint density at radius 3 is 1.94 bits per heavy atom. The largest absolute Gasteiger partial charge is 0.501 e. The number of alkyl halides is 3. The van der Waals surface area contributed by atoms with Gasteiger partial charge >= 0.3 is 5.51 Å². The minimum Gasteiger partial charge on any atom is -0.398 e. The Morgan fingerprint density at radius 2 is 1.56 bits per heavy atom. The predicted molar refractivity (Wildman–Crippen MR) is 55.5 cm³/mol. The van der Waals surface area contributed by atoms with Crippen molar-refractivity contribution in [1.82, 2.24) is 0 Å². The van der Waals surface area contributed by atoms with E-state index < -0.39 is 40.8 Å². The molecule has 0 saturated heterocycles. The molecular weight excluding hydrogens is 297 g/mol. The van der Waals surface area contributed by atoms with Crippen LogP contribution >= 0.6 is 0 Å². The summed E-state index contributed by atoms with van der Waals surface area (Å²) in [5.41, 5.74) is -1.21. The molecule has 0 aliphatic rings. The van der Waals surface area contributed by atoms with Gasteiger partial charge in [-0.2, -0.15) is 13.2 Å². The van der Waals surface area contributed by atoms with Crippen LogP contribution < -0.4 is 10.9 Å². The molecule has 0 amide bonds. The molecule has 0 radical (unpaired) electrons. The van der Waals surface area contributed by atoms with Crippen LogP contribution in [0.1, 0.15) is 0 Å². The number of nitrogens with two attached hydrogens (primary N) is 2. The van der Waals surface area contributed by atoms with Gasteiger partial charge in [-0.15, -0.1) is 0 Å². The number of sulfone groups is 1. The van der Waals surface area contributed by atoms with E-state index in [1.54, 1.807) is 0 Å². The average molecular weight is 304 g/mol. The zero-order chi connectivity index (χ0) is 14.4. The zero-order valence-electron chi connectivity index (χ0n) is 8.47. The molecule has 4 N–H and O–H groups in total. The first-order valence-corrected chi connectivity index (χ1v) is 7.14. The Balaban J connectivity index is 3.63. The summed E-state index contributed by atoms with van der Waals surface area (Å²) in [7, 11) is -10.1. The zero-order valence-corrected chi connectivity index (χ0v) is 10.1. The van der Waals surface area contributed by atoms with E-state index in [-0.39, 0.29) is 6.07 Å². The van der Waals surface area contributed by atoms with Crippen LogP contribution in [0, 0.1) is 0 Å². The van der Waals surface area contributed by atoms with Crippen molar-refractivity contribution in [2.45, 2.75) is 15.3 Å². The third-order valence-corrected chi connectivity index (χ3v) is 4.36. The average Bonchev–Trinajstić information content (AvgIpc) is 2.14. The van der Waals surface area contributed by atoms with E-state index in [4.69, 9.17) is 5.73 Å². The lowest BCUT2D eigenvalue weighted by Gasteiger charge is -2.11. The van der Waals surface area contributed by atoms with Crippen LogP contribution in [0.15, 0.2) is 28.0 Å². The third kappa shape index (κ3) is 2.57. The highest BCUT2D eigenvalue weighted by Gasteiger charge is 2.48. The molecule has 0 saturated carbocycles. The van der Waals surface area contributed by atoms with Crippen molar-refractivity contribution in [3.63, 3.8) is 0 Å². The second-order valence-electron chi connectivity index (χ2n) is 3.19. The lowest BCUT2D eigenvalue weighted by atomic mass is 10.3. The second kappa shape index (κ2) is 4.10. The number of halogens is 3. The first-order valence-electron chi connectivity index (χ1n) is 4.11. The Morgan fingerprint density at radius 1 is 1.06 bits per heavy atom. The van der Waals surface area contributed by atoms with E-state index in [2.05, 4.69) is 5.14 Å². The fraction of sp³-hybridized carbons (Fsp3) is 0.143. The van der Waals surface area contributed by atoms with Gasteiger partial charge in [0, 0.05) is 0 Å². The summed E-state index contributed by atoms with van der Waals surface area (Å²) < 4.78 is 81.0. The molecule has 102 valence electrons. The molecule has 6 nitrogen and oxygen atoms in total. The molecule has 1 rings (SSSR count). The van der Waals surface area contributed by atoms with E-state index in [1.165, 1.54) is 0 Å². The Kier molecular flexibility index (Phi) is 3.36. The van der Waals surface area contributed by atoms with Crippen molar-refractivity contribution >= 4 is 25.5 Å². The number of rotatable bonds is 2. The molecule has 0 atom stereocenters. The normalized spacial score (nSPS) is 13.6. The van der Waals surface area contributed by atoms with Crippen LogP contribution in [-0.4, -0.2) is 22.3 Å². The molecule has 11 heteroatoms. The number of primary sulfonamides is 1. The van der Waals surface area contributed by atoms with Crippen molar-refractivity contribution < 1.29 is 30.0 Å². The SMILES string of the molecule is Nc1ccc(S(N)(=O)=O)cc1S(=O)(=O)C(F)(F)F. The quantitative estimate of drug-likeness (QED) is 0.757. The van der Waals surface area contributed by atoms with E-state index in [0.29, 0.717) is 0 Å². The molecule has 18 heavy (non-hydrogen) atoms. The molecule has 0 heterocycles. The number of benzene rings is 1. The fourth-order valence-electron chi connectivity index (χ4n) is 1.05. The summed E-state index contributed by atoms with van der Waals surface area (Å²) in [6, 6.07) is 1.80. The topological polar surface area (TPSA) is 120 Å². The van der Waals surface area contributed by atoms with Gasteiger partial charge in [-0.25, -0.2) is 22.0 Å². The number of nitrogen functional groups attached to an aromatic ring is 1. The molecular formula is C7H7F3N2O4S2. The monoisotopic (exact) mass is 304 g/mol. The summed E-state index contributed by atoms with van der Waals surface area (Å²) in [4.78, 5) is -2.12. The molecule has 0 fully saturated rings. The Labute approximate surface area is 100 Å². The van der Waals surface area contributed by atoms with Crippen molar-refractivity contribution in [2.24, 2.45) is 5.14 Å². The highest BCUT2D eigenvalue weighted by Crippen LogP contribution is 2.34. The van der Waals surface area contributed by atoms with Crippen molar-refractivity contribution in [2.75, 3.05) is 5.73 Å². The van der Waals surface area contributed by atoms with Gasteiger partial charge in [-0.3, -0.25) is 0 Å².